The Kier molecular flexibility index (Phi) is 8.25. The zero-order valence-electron chi connectivity index (χ0n) is 34.3. The van der Waals surface area contributed by atoms with E-state index in [0.717, 1.165) is 40.8 Å². The van der Waals surface area contributed by atoms with E-state index in [4.69, 9.17) is 9.97 Å². The molecule has 2 aromatic heterocycles. The fourth-order valence-electron chi connectivity index (χ4n) is 10.4. The summed E-state index contributed by atoms with van der Waals surface area (Å²) in [6, 6.07) is 64.0. The molecule has 2 heterocycles. The van der Waals surface area contributed by atoms with Gasteiger partial charge >= 0.3 is 0 Å². The van der Waals surface area contributed by atoms with E-state index in [1.54, 1.807) is 0 Å². The smallest absolute Gasteiger partial charge is 0.0975 e. The third kappa shape index (κ3) is 5.72. The lowest BCUT2D eigenvalue weighted by Gasteiger charge is -2.26. The molecule has 0 bridgehead atoms. The van der Waals surface area contributed by atoms with Gasteiger partial charge in [-0.3, -0.25) is 0 Å². The number of hydrogen-bond donors (Lipinski definition) is 0. The van der Waals surface area contributed by atoms with Gasteiger partial charge in [-0.15, -0.1) is 0 Å². The second-order valence-electron chi connectivity index (χ2n) is 17.0. The fraction of sp³-hybridized carbons (Fsp3) is 0.103. The van der Waals surface area contributed by atoms with Crippen molar-refractivity contribution in [3.8, 4) is 39.2 Å². The number of para-hydroxylation sites is 2. The molecule has 3 nitrogen and oxygen atoms in total. The molecule has 0 amide bonds. The quantitative estimate of drug-likeness (QED) is 0.174. The van der Waals surface area contributed by atoms with E-state index in [-0.39, 0.29) is 0 Å². The summed E-state index contributed by atoms with van der Waals surface area (Å²) in [6.45, 7) is 4.72. The van der Waals surface area contributed by atoms with Gasteiger partial charge in [0.15, 0.2) is 0 Å². The summed E-state index contributed by atoms with van der Waals surface area (Å²) in [7, 11) is 0. The van der Waals surface area contributed by atoms with E-state index in [0.29, 0.717) is 11.8 Å². The van der Waals surface area contributed by atoms with E-state index >= 15 is 0 Å². The van der Waals surface area contributed by atoms with Crippen molar-refractivity contribution >= 4 is 54.6 Å². The van der Waals surface area contributed by atoms with Crippen molar-refractivity contribution in [1.29, 1.82) is 0 Å². The van der Waals surface area contributed by atoms with Gasteiger partial charge in [0.25, 0.3) is 0 Å². The van der Waals surface area contributed by atoms with Gasteiger partial charge in [-0.25, -0.2) is 9.97 Å². The summed E-state index contributed by atoms with van der Waals surface area (Å²) in [6.07, 6.45) is 6.44. The van der Waals surface area contributed by atoms with E-state index in [2.05, 4.69) is 206 Å². The maximum Gasteiger partial charge on any atom is 0.0975 e. The highest BCUT2D eigenvalue weighted by molar-refractivity contribution is 6.17. The van der Waals surface area contributed by atoms with Crippen LogP contribution in [-0.2, 0) is 6.42 Å². The van der Waals surface area contributed by atoms with Gasteiger partial charge in [-0.2, -0.15) is 0 Å². The van der Waals surface area contributed by atoms with Crippen LogP contribution in [0.5, 0.6) is 0 Å². The van der Waals surface area contributed by atoms with Gasteiger partial charge in [-0.1, -0.05) is 172 Å². The molecule has 2 atom stereocenters. The first-order valence-electron chi connectivity index (χ1n) is 21.6. The molecule has 2 unspecified atom stereocenters. The summed E-state index contributed by atoms with van der Waals surface area (Å²) in [5.41, 5.74) is 19.1. The first kappa shape index (κ1) is 35.6. The highest BCUT2D eigenvalue weighted by Gasteiger charge is 2.31. The largest absolute Gasteiger partial charge is 0.312 e. The number of hydrogen-bond acceptors (Lipinski definition) is 2. The molecule has 8 aromatic carbocycles. The lowest BCUT2D eigenvalue weighted by Crippen LogP contribution is -2.12. The molecule has 0 saturated heterocycles. The predicted molar refractivity (Wildman–Crippen MR) is 256 cm³/mol. The Labute approximate surface area is 356 Å². The molecule has 3 heteroatoms. The maximum atomic E-state index is 5.46. The zero-order valence-corrected chi connectivity index (χ0v) is 34.3. The van der Waals surface area contributed by atoms with Crippen LogP contribution in [0.2, 0.25) is 0 Å². The first-order chi connectivity index (χ1) is 30.1. The van der Waals surface area contributed by atoms with Crippen LogP contribution in [0.3, 0.4) is 0 Å². The van der Waals surface area contributed by atoms with Gasteiger partial charge in [0, 0.05) is 27.6 Å². The maximum absolute atomic E-state index is 5.46. The van der Waals surface area contributed by atoms with Crippen LogP contribution in [0.4, 0.5) is 0 Å². The molecule has 12 rings (SSSR count). The van der Waals surface area contributed by atoms with Gasteiger partial charge in [0.05, 0.1) is 33.6 Å². The van der Waals surface area contributed by atoms with Gasteiger partial charge in [-0.05, 0) is 110 Å². The summed E-state index contributed by atoms with van der Waals surface area (Å²) >= 11 is 0. The Bertz CT molecular complexity index is 3440. The second kappa shape index (κ2) is 14.1. The Morgan fingerprint density at radius 3 is 1.93 bits per heavy atom. The minimum atomic E-state index is 0.305. The Balaban J connectivity index is 1.04. The highest BCUT2D eigenvalue weighted by atomic mass is 15.0. The van der Waals surface area contributed by atoms with Gasteiger partial charge in [0.1, 0.15) is 0 Å². The normalized spacial score (nSPS) is 16.1. The van der Waals surface area contributed by atoms with Crippen molar-refractivity contribution in [3.05, 3.63) is 211 Å². The molecule has 2 aliphatic carbocycles. The molecule has 0 N–H and O–H groups in total. The van der Waals surface area contributed by atoms with Crippen molar-refractivity contribution in [2.75, 3.05) is 0 Å². The fourth-order valence-corrected chi connectivity index (χ4v) is 10.4. The number of benzene rings is 8. The van der Waals surface area contributed by atoms with Crippen molar-refractivity contribution < 1.29 is 0 Å². The van der Waals surface area contributed by atoms with Crippen molar-refractivity contribution in [2.24, 2.45) is 5.92 Å². The first-order valence-corrected chi connectivity index (χ1v) is 21.6. The van der Waals surface area contributed by atoms with E-state index in [1.165, 1.54) is 88.4 Å². The van der Waals surface area contributed by atoms with Crippen LogP contribution >= 0.6 is 0 Å². The number of nitrogens with zero attached hydrogens (tertiary/aromatic N) is 3. The van der Waals surface area contributed by atoms with Gasteiger partial charge < -0.3 is 4.57 Å². The predicted octanol–water partition coefficient (Wildman–Crippen LogP) is 15.0. The molecular formula is C58H43N3. The van der Waals surface area contributed by atoms with Crippen LogP contribution in [0.25, 0.3) is 93.8 Å². The monoisotopic (exact) mass is 781 g/mol. The van der Waals surface area contributed by atoms with E-state index in [1.807, 2.05) is 0 Å². The standard InChI is InChI=1S/C58H43N3/c1-36-34-42(28-30-43(36)41-26-24-39(25-27-41)38-14-4-3-5-15-38)57-58(60-51-23-13-12-22-50(51)59-57)49-31-33-52(47-20-10-9-19-46(47)49)61-53-32-29-40-16-6-7-18-45(40)55(53)56-48-21-11-8-17-44(48)37(2)35-54(56)61/h3-33,36-37H,34-35H2,1-2H3. The summed E-state index contributed by atoms with van der Waals surface area (Å²) in [5, 5.41) is 6.27. The lowest BCUT2D eigenvalue weighted by atomic mass is 9.81. The summed E-state index contributed by atoms with van der Waals surface area (Å²) in [4.78, 5) is 10.9. The Morgan fingerprint density at radius 2 is 1.13 bits per heavy atom. The Hall–Kier alpha value is -7.36. The molecule has 0 spiro atoms. The van der Waals surface area contributed by atoms with Crippen molar-refractivity contribution in [2.45, 2.75) is 32.6 Å². The molecule has 2 aliphatic rings. The molecule has 290 valence electrons. The van der Waals surface area contributed by atoms with Crippen LogP contribution in [0.1, 0.15) is 48.7 Å². The number of fused-ring (bicyclic) bond motifs is 9. The van der Waals surface area contributed by atoms with Crippen LogP contribution in [-0.4, -0.2) is 14.5 Å². The highest BCUT2D eigenvalue weighted by Crippen LogP contribution is 2.49. The average molecular weight is 782 g/mol. The van der Waals surface area contributed by atoms with Gasteiger partial charge in [0.2, 0.25) is 0 Å². The second-order valence-corrected chi connectivity index (χ2v) is 17.0. The topological polar surface area (TPSA) is 30.7 Å². The minimum absolute atomic E-state index is 0.305. The molecule has 0 fully saturated rings. The van der Waals surface area contributed by atoms with Crippen LogP contribution in [0.15, 0.2) is 188 Å². The summed E-state index contributed by atoms with van der Waals surface area (Å²) in [5.74, 6) is 0.702. The molecule has 61 heavy (non-hydrogen) atoms. The zero-order chi connectivity index (χ0) is 40.6. The molecule has 10 aromatic rings. The van der Waals surface area contributed by atoms with E-state index in [9.17, 15) is 0 Å². The van der Waals surface area contributed by atoms with Crippen molar-refractivity contribution in [1.82, 2.24) is 14.5 Å². The number of allylic oxidation sites excluding steroid dienone is 4. The third-order valence-electron chi connectivity index (χ3n) is 13.3. The van der Waals surface area contributed by atoms with Crippen LogP contribution in [0, 0.1) is 5.92 Å². The minimum Gasteiger partial charge on any atom is -0.312 e. The number of rotatable bonds is 5. The molecular weight excluding hydrogens is 739 g/mol. The summed E-state index contributed by atoms with van der Waals surface area (Å²) < 4.78 is 2.58. The Morgan fingerprint density at radius 1 is 0.475 bits per heavy atom. The average Bonchev–Trinajstić information content (AvgIpc) is 3.65. The SMILES string of the molecule is CC1CC(c2nc3ccccc3nc2-c2ccc(-n3c4c(c5c6ccccc6ccc53)-c3ccccc3C(C)C4)c3ccccc23)=CC=C1c1ccc(-c2ccccc2)cc1. The van der Waals surface area contributed by atoms with Crippen LogP contribution < -0.4 is 0 Å². The number of aromatic nitrogens is 3. The third-order valence-corrected chi connectivity index (χ3v) is 13.3. The van der Waals surface area contributed by atoms with E-state index < -0.39 is 0 Å². The molecule has 0 aliphatic heterocycles. The lowest BCUT2D eigenvalue weighted by molar-refractivity contribution is 0.721. The van der Waals surface area contributed by atoms with Crippen molar-refractivity contribution in [3.63, 3.8) is 0 Å². The molecule has 0 saturated carbocycles. The molecule has 0 radical (unpaired) electrons.